The number of aromatic nitrogens is 5. The third kappa shape index (κ3) is 4.17. The van der Waals surface area contributed by atoms with Gasteiger partial charge < -0.3 is 0 Å². The highest BCUT2D eigenvalue weighted by Gasteiger charge is 2.54. The van der Waals surface area contributed by atoms with E-state index in [1.54, 1.807) is 0 Å². The second-order valence-corrected chi connectivity index (χ2v) is 13.1. The van der Waals surface area contributed by atoms with Gasteiger partial charge in [0.1, 0.15) is 11.2 Å². The summed E-state index contributed by atoms with van der Waals surface area (Å²) in [4.78, 5) is 20.2. The van der Waals surface area contributed by atoms with Crippen LogP contribution in [0.2, 0.25) is 0 Å². The van der Waals surface area contributed by atoms with Crippen molar-refractivity contribution in [1.82, 2.24) is 24.5 Å². The Labute approximate surface area is 301 Å². The fraction of sp³-hybridized carbons (Fsp3) is 0.0213. The smallest absolute Gasteiger partial charge is 0.164 e. The quantitative estimate of drug-likeness (QED) is 0.177. The zero-order valence-electron chi connectivity index (χ0n) is 28.2. The molecule has 0 radical (unpaired) electrons. The second kappa shape index (κ2) is 11.5. The number of hydrogen-bond donors (Lipinski definition) is 0. The van der Waals surface area contributed by atoms with Crippen molar-refractivity contribution >= 4 is 16.6 Å². The Balaban J connectivity index is 1.17. The van der Waals surface area contributed by atoms with Crippen molar-refractivity contribution in [3.05, 3.63) is 205 Å². The van der Waals surface area contributed by atoms with Gasteiger partial charge in [-0.05, 0) is 45.5 Å². The van der Waals surface area contributed by atoms with Crippen molar-refractivity contribution in [3.63, 3.8) is 0 Å². The standard InChI is InChI=1S/C47H31N5/c1-3-34-36-20-11-12-22-38(36)47(37(34)4-2)39-23-15-21-35(42(39)52-41-25-14-13-24-40(41)48-46(47)52)30-26-28-33(29-27-30)45-50-43(31-16-7-5-8-17-31)49-44(51-45)32-18-9-6-10-19-32/h3-29H,1-2H2. The van der Waals surface area contributed by atoms with Gasteiger partial charge in [0.2, 0.25) is 0 Å². The van der Waals surface area contributed by atoms with E-state index in [2.05, 4.69) is 109 Å². The average molecular weight is 666 g/mol. The molecule has 244 valence electrons. The van der Waals surface area contributed by atoms with Crippen LogP contribution in [0.4, 0.5) is 0 Å². The summed E-state index contributed by atoms with van der Waals surface area (Å²) >= 11 is 0. The summed E-state index contributed by atoms with van der Waals surface area (Å²) in [6, 6.07) is 52.4. The number of rotatable bonds is 6. The van der Waals surface area contributed by atoms with Gasteiger partial charge in [-0.3, -0.25) is 4.57 Å². The van der Waals surface area contributed by atoms with Gasteiger partial charge in [0.25, 0.3) is 0 Å². The lowest BCUT2D eigenvalue weighted by Gasteiger charge is -2.28. The van der Waals surface area contributed by atoms with Crippen LogP contribution in [0.25, 0.3) is 67.6 Å². The first-order valence-electron chi connectivity index (χ1n) is 17.4. The molecule has 5 heteroatoms. The number of fused-ring (bicyclic) bond motifs is 9. The number of allylic oxidation sites excluding steroid dienone is 4. The number of benzene rings is 6. The summed E-state index contributed by atoms with van der Waals surface area (Å²) in [5.74, 6) is 2.88. The van der Waals surface area contributed by atoms with Crippen molar-refractivity contribution in [2.45, 2.75) is 5.41 Å². The first kappa shape index (κ1) is 29.9. The summed E-state index contributed by atoms with van der Waals surface area (Å²) in [5, 5.41) is 0. The molecule has 5 nitrogen and oxygen atoms in total. The molecule has 3 heterocycles. The molecule has 1 spiro atoms. The SMILES string of the molecule is C=CC1=C(C=C)C2(c3ccccc31)c1cccc(-c3ccc(-c4nc(-c5ccccc5)nc(-c5ccccc5)n4)cc3)c1-n1c2nc2ccccc21. The molecular weight excluding hydrogens is 635 g/mol. The van der Waals surface area contributed by atoms with Crippen molar-refractivity contribution in [2.24, 2.45) is 0 Å². The van der Waals surface area contributed by atoms with E-state index in [0.717, 1.165) is 67.1 Å². The van der Waals surface area contributed by atoms with Gasteiger partial charge >= 0.3 is 0 Å². The molecule has 1 aliphatic heterocycles. The van der Waals surface area contributed by atoms with Crippen molar-refractivity contribution < 1.29 is 0 Å². The predicted octanol–water partition coefficient (Wildman–Crippen LogP) is 10.7. The van der Waals surface area contributed by atoms with Crippen molar-refractivity contribution in [2.75, 3.05) is 0 Å². The van der Waals surface area contributed by atoms with Crippen LogP contribution < -0.4 is 0 Å². The molecule has 52 heavy (non-hydrogen) atoms. The molecule has 8 aromatic rings. The Hall–Kier alpha value is -6.98. The van der Waals surface area contributed by atoms with Crippen LogP contribution in [0.1, 0.15) is 22.5 Å². The van der Waals surface area contributed by atoms with Crippen LogP contribution in [0, 0.1) is 0 Å². The Morgan fingerprint density at radius 2 is 1.00 bits per heavy atom. The minimum atomic E-state index is -0.640. The van der Waals surface area contributed by atoms with E-state index in [-0.39, 0.29) is 0 Å². The Kier molecular flexibility index (Phi) is 6.63. The molecule has 1 unspecified atom stereocenters. The molecule has 10 rings (SSSR count). The van der Waals surface area contributed by atoms with Crippen molar-refractivity contribution in [1.29, 1.82) is 0 Å². The van der Waals surface area contributed by atoms with Crippen LogP contribution in [0.15, 0.2) is 183 Å². The molecule has 0 N–H and O–H groups in total. The Morgan fingerprint density at radius 3 is 1.65 bits per heavy atom. The number of hydrogen-bond acceptors (Lipinski definition) is 4. The molecule has 1 atom stereocenters. The van der Waals surface area contributed by atoms with Gasteiger partial charge in [-0.1, -0.05) is 165 Å². The van der Waals surface area contributed by atoms with E-state index in [9.17, 15) is 0 Å². The maximum Gasteiger partial charge on any atom is 0.164 e. The highest BCUT2D eigenvalue weighted by molar-refractivity contribution is 5.97. The molecule has 2 aliphatic rings. The molecule has 0 fully saturated rings. The third-order valence-corrected chi connectivity index (χ3v) is 10.4. The van der Waals surface area contributed by atoms with Crippen LogP contribution >= 0.6 is 0 Å². The lowest BCUT2D eigenvalue weighted by molar-refractivity contribution is 0.732. The first-order chi connectivity index (χ1) is 25.7. The Bertz CT molecular complexity index is 2700. The molecule has 6 aromatic carbocycles. The molecule has 2 aromatic heterocycles. The maximum atomic E-state index is 5.39. The summed E-state index contributed by atoms with van der Waals surface area (Å²) in [6.45, 7) is 8.60. The van der Waals surface area contributed by atoms with Gasteiger partial charge in [-0.2, -0.15) is 0 Å². The predicted molar refractivity (Wildman–Crippen MR) is 210 cm³/mol. The van der Waals surface area contributed by atoms with Gasteiger partial charge in [-0.25, -0.2) is 19.9 Å². The summed E-state index contributed by atoms with van der Waals surface area (Å²) < 4.78 is 2.37. The van der Waals surface area contributed by atoms with Crippen LogP contribution in [0.5, 0.6) is 0 Å². The lowest BCUT2D eigenvalue weighted by Crippen LogP contribution is -2.28. The number of para-hydroxylation sites is 3. The second-order valence-electron chi connectivity index (χ2n) is 13.1. The summed E-state index contributed by atoms with van der Waals surface area (Å²) in [7, 11) is 0. The highest BCUT2D eigenvalue weighted by Crippen LogP contribution is 2.61. The largest absolute Gasteiger partial charge is 0.294 e. The van der Waals surface area contributed by atoms with Gasteiger partial charge in [0.15, 0.2) is 17.5 Å². The van der Waals surface area contributed by atoms with Gasteiger partial charge in [0, 0.05) is 22.3 Å². The van der Waals surface area contributed by atoms with Crippen LogP contribution in [-0.4, -0.2) is 24.5 Å². The number of nitrogens with zero attached hydrogens (tertiary/aromatic N) is 5. The normalized spacial score (nSPS) is 15.5. The van der Waals surface area contributed by atoms with E-state index < -0.39 is 5.41 Å². The number of imidazole rings is 1. The van der Waals surface area contributed by atoms with E-state index in [1.165, 1.54) is 11.1 Å². The lowest BCUT2D eigenvalue weighted by atomic mass is 9.71. The summed E-state index contributed by atoms with van der Waals surface area (Å²) in [6.07, 6.45) is 3.96. The van der Waals surface area contributed by atoms with Crippen LogP contribution in [0.3, 0.4) is 0 Å². The van der Waals surface area contributed by atoms with E-state index >= 15 is 0 Å². The zero-order valence-corrected chi connectivity index (χ0v) is 28.2. The molecule has 1 aliphatic carbocycles. The topological polar surface area (TPSA) is 56.5 Å². The highest BCUT2D eigenvalue weighted by atomic mass is 15.1. The van der Waals surface area contributed by atoms with E-state index in [4.69, 9.17) is 19.9 Å². The van der Waals surface area contributed by atoms with E-state index in [1.807, 2.05) is 72.8 Å². The zero-order chi connectivity index (χ0) is 34.8. The monoisotopic (exact) mass is 665 g/mol. The average Bonchev–Trinajstić information content (AvgIpc) is 3.84. The van der Waals surface area contributed by atoms with Gasteiger partial charge in [0.05, 0.1) is 16.7 Å². The first-order valence-corrected chi connectivity index (χ1v) is 17.4. The molecule has 0 amide bonds. The fourth-order valence-corrected chi connectivity index (χ4v) is 8.23. The van der Waals surface area contributed by atoms with Crippen LogP contribution in [-0.2, 0) is 5.41 Å². The summed E-state index contributed by atoms with van der Waals surface area (Å²) in [5.41, 5.74) is 13.2. The minimum absolute atomic E-state index is 0.625. The van der Waals surface area contributed by atoms with Crippen molar-refractivity contribution in [3.8, 4) is 51.0 Å². The Morgan fingerprint density at radius 1 is 0.462 bits per heavy atom. The van der Waals surface area contributed by atoms with Gasteiger partial charge in [-0.15, -0.1) is 0 Å². The minimum Gasteiger partial charge on any atom is -0.294 e. The third-order valence-electron chi connectivity index (χ3n) is 10.4. The molecule has 0 saturated carbocycles. The molecular formula is C47H31N5. The molecule has 0 bridgehead atoms. The molecule has 0 saturated heterocycles. The van der Waals surface area contributed by atoms with E-state index in [0.29, 0.717) is 17.5 Å². The maximum absolute atomic E-state index is 5.39. The fourth-order valence-electron chi connectivity index (χ4n) is 8.23.